The third-order valence-corrected chi connectivity index (χ3v) is 3.73. The summed E-state index contributed by atoms with van der Waals surface area (Å²) in [7, 11) is 0. The molecule has 5 nitrogen and oxygen atoms in total. The van der Waals surface area contributed by atoms with E-state index in [0.29, 0.717) is 5.56 Å². The molecular weight excluding hydrogens is 319 g/mol. The van der Waals surface area contributed by atoms with Crippen molar-refractivity contribution in [2.75, 3.05) is 0 Å². The number of nitriles is 1. The quantitative estimate of drug-likeness (QED) is 0.575. The fourth-order valence-corrected chi connectivity index (χ4v) is 2.59. The summed E-state index contributed by atoms with van der Waals surface area (Å²) in [5.41, 5.74) is 4.92. The first-order valence-electron chi connectivity index (χ1n) is 7.68. The summed E-state index contributed by atoms with van der Waals surface area (Å²) in [5, 5.41) is 13.8. The lowest BCUT2D eigenvalue weighted by molar-refractivity contribution is -0.120. The fraction of sp³-hybridized carbons (Fsp3) is 0.105. The van der Waals surface area contributed by atoms with E-state index in [1.807, 2.05) is 35.0 Å². The Morgan fingerprint density at radius 3 is 2.76 bits per heavy atom. The number of hydrogen-bond donors (Lipinski definition) is 1. The van der Waals surface area contributed by atoms with Crippen molar-refractivity contribution in [2.45, 2.75) is 13.0 Å². The second kappa shape index (κ2) is 7.41. The van der Waals surface area contributed by atoms with Gasteiger partial charge in [-0.05, 0) is 23.8 Å². The lowest BCUT2D eigenvalue weighted by Crippen LogP contribution is -2.19. The van der Waals surface area contributed by atoms with Crippen LogP contribution in [-0.2, 0) is 17.8 Å². The van der Waals surface area contributed by atoms with E-state index in [4.69, 9.17) is 5.26 Å². The van der Waals surface area contributed by atoms with Crippen molar-refractivity contribution >= 4 is 23.0 Å². The summed E-state index contributed by atoms with van der Waals surface area (Å²) in [6.45, 7) is 0.241. The first-order valence-corrected chi connectivity index (χ1v) is 7.68. The maximum atomic E-state index is 12.9. The number of carbonyl (C=O) groups excluding carboxylic acids is 1. The first-order chi connectivity index (χ1) is 12.2. The molecular formula is C19H15FN4O. The Hall–Kier alpha value is -3.46. The van der Waals surface area contributed by atoms with Gasteiger partial charge in [0.05, 0.1) is 18.7 Å². The van der Waals surface area contributed by atoms with Crippen molar-refractivity contribution in [3.8, 4) is 6.07 Å². The number of rotatable bonds is 5. The van der Waals surface area contributed by atoms with Crippen LogP contribution in [0.4, 0.5) is 4.39 Å². The molecule has 0 aliphatic heterocycles. The molecule has 1 heterocycles. The SMILES string of the molecule is N#CCn1cc(/C=N/NC(=O)Cc2ccc(F)cc2)c2ccccc21. The predicted octanol–water partition coefficient (Wildman–Crippen LogP) is 3.00. The van der Waals surface area contributed by atoms with Gasteiger partial charge < -0.3 is 4.57 Å². The number of nitrogens with one attached hydrogen (secondary N) is 1. The van der Waals surface area contributed by atoms with Crippen LogP contribution in [-0.4, -0.2) is 16.7 Å². The highest BCUT2D eigenvalue weighted by atomic mass is 19.1. The van der Waals surface area contributed by atoms with Crippen LogP contribution < -0.4 is 5.43 Å². The van der Waals surface area contributed by atoms with Crippen molar-refractivity contribution in [3.63, 3.8) is 0 Å². The zero-order chi connectivity index (χ0) is 17.6. The molecule has 0 unspecified atom stereocenters. The van der Waals surface area contributed by atoms with Gasteiger partial charge in [-0.15, -0.1) is 0 Å². The summed E-state index contributed by atoms with van der Waals surface area (Å²) >= 11 is 0. The largest absolute Gasteiger partial charge is 0.333 e. The molecule has 0 aliphatic rings. The highest BCUT2D eigenvalue weighted by molar-refractivity contribution is 5.99. The van der Waals surface area contributed by atoms with Crippen LogP contribution in [0.5, 0.6) is 0 Å². The fourth-order valence-electron chi connectivity index (χ4n) is 2.59. The van der Waals surface area contributed by atoms with Gasteiger partial charge in [0.15, 0.2) is 0 Å². The summed E-state index contributed by atoms with van der Waals surface area (Å²) in [6.07, 6.45) is 3.50. The summed E-state index contributed by atoms with van der Waals surface area (Å²) in [4.78, 5) is 11.9. The molecule has 0 aliphatic carbocycles. The van der Waals surface area contributed by atoms with Gasteiger partial charge in [0.25, 0.3) is 0 Å². The average molecular weight is 334 g/mol. The third-order valence-electron chi connectivity index (χ3n) is 3.73. The molecule has 0 spiro atoms. The van der Waals surface area contributed by atoms with Crippen LogP contribution in [0.2, 0.25) is 0 Å². The van der Waals surface area contributed by atoms with Crippen LogP contribution >= 0.6 is 0 Å². The van der Waals surface area contributed by atoms with Gasteiger partial charge in [-0.3, -0.25) is 4.79 Å². The zero-order valence-electron chi connectivity index (χ0n) is 13.3. The molecule has 25 heavy (non-hydrogen) atoms. The van der Waals surface area contributed by atoms with Gasteiger partial charge in [-0.1, -0.05) is 30.3 Å². The van der Waals surface area contributed by atoms with E-state index < -0.39 is 0 Å². The van der Waals surface area contributed by atoms with Crippen molar-refractivity contribution in [1.29, 1.82) is 5.26 Å². The minimum absolute atomic E-state index is 0.119. The van der Waals surface area contributed by atoms with Gasteiger partial charge in [0.2, 0.25) is 5.91 Å². The lowest BCUT2D eigenvalue weighted by atomic mass is 10.1. The molecule has 1 N–H and O–H groups in total. The Labute approximate surface area is 144 Å². The molecule has 6 heteroatoms. The summed E-state index contributed by atoms with van der Waals surface area (Å²) in [5.74, 6) is -0.625. The molecule has 0 fully saturated rings. The van der Waals surface area contributed by atoms with Crippen molar-refractivity contribution < 1.29 is 9.18 Å². The Kier molecular flexibility index (Phi) is 4.86. The standard InChI is InChI=1S/C19H15FN4O/c20-16-7-5-14(6-8-16)11-19(25)23-22-12-15-13-24(10-9-21)18-4-2-1-3-17(15)18/h1-8,12-13H,10-11H2,(H,23,25)/b22-12+. The minimum atomic E-state index is -0.337. The van der Waals surface area contributed by atoms with Gasteiger partial charge in [-0.2, -0.15) is 10.4 Å². The van der Waals surface area contributed by atoms with Crippen LogP contribution in [0.1, 0.15) is 11.1 Å². The highest BCUT2D eigenvalue weighted by Crippen LogP contribution is 2.19. The minimum Gasteiger partial charge on any atom is -0.333 e. The van der Waals surface area contributed by atoms with E-state index in [2.05, 4.69) is 16.6 Å². The topological polar surface area (TPSA) is 70.2 Å². The van der Waals surface area contributed by atoms with E-state index in [1.165, 1.54) is 12.1 Å². The van der Waals surface area contributed by atoms with Crippen molar-refractivity contribution in [3.05, 3.63) is 71.7 Å². The van der Waals surface area contributed by atoms with Crippen LogP contribution in [0.25, 0.3) is 10.9 Å². The Balaban J connectivity index is 1.70. The zero-order valence-corrected chi connectivity index (χ0v) is 13.3. The van der Waals surface area contributed by atoms with Crippen molar-refractivity contribution in [1.82, 2.24) is 9.99 Å². The second-order valence-corrected chi connectivity index (χ2v) is 5.48. The number of fused-ring (bicyclic) bond motifs is 1. The molecule has 0 saturated heterocycles. The molecule has 3 rings (SSSR count). The molecule has 1 amide bonds. The van der Waals surface area contributed by atoms with Crippen molar-refractivity contribution in [2.24, 2.45) is 5.10 Å². The molecule has 0 bridgehead atoms. The van der Waals surface area contributed by atoms with E-state index in [-0.39, 0.29) is 24.7 Å². The number of hydrazone groups is 1. The first kappa shape index (κ1) is 16.4. The number of hydrogen-bond acceptors (Lipinski definition) is 3. The second-order valence-electron chi connectivity index (χ2n) is 5.48. The van der Waals surface area contributed by atoms with Gasteiger partial charge in [0, 0.05) is 22.7 Å². The van der Waals surface area contributed by atoms with Crippen LogP contribution in [0.15, 0.2) is 59.8 Å². The molecule has 124 valence electrons. The maximum absolute atomic E-state index is 12.9. The van der Waals surface area contributed by atoms with Crippen LogP contribution in [0, 0.1) is 17.1 Å². The Morgan fingerprint density at radius 1 is 1.24 bits per heavy atom. The van der Waals surface area contributed by atoms with Gasteiger partial charge >= 0.3 is 0 Å². The molecule has 1 aromatic heterocycles. The summed E-state index contributed by atoms with van der Waals surface area (Å²) < 4.78 is 14.7. The van der Waals surface area contributed by atoms with E-state index in [9.17, 15) is 9.18 Å². The van der Waals surface area contributed by atoms with E-state index in [1.54, 1.807) is 18.3 Å². The Morgan fingerprint density at radius 2 is 2.00 bits per heavy atom. The smallest absolute Gasteiger partial charge is 0.244 e. The number of aromatic nitrogens is 1. The van der Waals surface area contributed by atoms with Gasteiger partial charge in [0.1, 0.15) is 12.4 Å². The Bertz CT molecular complexity index is 967. The monoisotopic (exact) mass is 334 g/mol. The third kappa shape index (κ3) is 3.90. The van der Waals surface area contributed by atoms with Gasteiger partial charge in [-0.25, -0.2) is 9.82 Å². The number of amides is 1. The number of halogens is 1. The average Bonchev–Trinajstić information content (AvgIpc) is 2.96. The highest BCUT2D eigenvalue weighted by Gasteiger charge is 2.06. The van der Waals surface area contributed by atoms with E-state index >= 15 is 0 Å². The number of nitrogens with zero attached hydrogens (tertiary/aromatic N) is 3. The predicted molar refractivity (Wildman–Crippen MR) is 93.4 cm³/mol. The maximum Gasteiger partial charge on any atom is 0.244 e. The normalized spacial score (nSPS) is 10.9. The molecule has 0 atom stereocenters. The summed E-state index contributed by atoms with van der Waals surface area (Å²) in [6, 6.07) is 15.5. The number of carbonyl (C=O) groups is 1. The molecule has 0 saturated carbocycles. The molecule has 3 aromatic rings. The molecule has 0 radical (unpaired) electrons. The number of benzene rings is 2. The van der Waals surface area contributed by atoms with Crippen LogP contribution in [0.3, 0.4) is 0 Å². The lowest BCUT2D eigenvalue weighted by Gasteiger charge is -2.00. The number of para-hydroxylation sites is 1. The van der Waals surface area contributed by atoms with E-state index in [0.717, 1.165) is 16.5 Å². The molecule has 2 aromatic carbocycles.